The predicted octanol–water partition coefficient (Wildman–Crippen LogP) is 1.43. The maximum atomic E-state index is 11.8. The number of hydrogen-bond donors (Lipinski definition) is 1. The second kappa shape index (κ2) is 11.5. The lowest BCUT2D eigenvalue weighted by Crippen LogP contribution is -2.29. The van der Waals surface area contributed by atoms with E-state index in [0.29, 0.717) is 24.2 Å². The van der Waals surface area contributed by atoms with Gasteiger partial charge in [-0.05, 0) is 54.1 Å². The highest BCUT2D eigenvalue weighted by Gasteiger charge is 2.11. The molecule has 1 aliphatic heterocycles. The molecule has 1 amide bonds. The molecule has 0 aromatic carbocycles. The quantitative estimate of drug-likeness (QED) is 0.458. The van der Waals surface area contributed by atoms with E-state index in [0.717, 1.165) is 6.54 Å². The molecule has 0 aliphatic carbocycles. The van der Waals surface area contributed by atoms with Crippen LogP contribution < -0.4 is 10.1 Å². The molecule has 156 valence electrons. The third kappa shape index (κ3) is 7.47. The Morgan fingerprint density at radius 1 is 1.31 bits per heavy atom. The van der Waals surface area contributed by atoms with Crippen molar-refractivity contribution in [2.45, 2.75) is 31.0 Å². The molecule has 0 saturated carbocycles. The first-order chi connectivity index (χ1) is 14.2. The van der Waals surface area contributed by atoms with Gasteiger partial charge in [0.05, 0.1) is 5.75 Å². The van der Waals surface area contributed by atoms with E-state index in [4.69, 9.17) is 4.74 Å². The zero-order valence-electron chi connectivity index (χ0n) is 16.7. The summed E-state index contributed by atoms with van der Waals surface area (Å²) in [5, 5.41) is 14.5. The van der Waals surface area contributed by atoms with Crippen molar-refractivity contribution in [1.29, 1.82) is 0 Å². The molecule has 1 aliphatic rings. The summed E-state index contributed by atoms with van der Waals surface area (Å²) >= 11 is 1.30. The van der Waals surface area contributed by atoms with Crippen molar-refractivity contribution < 1.29 is 9.53 Å². The van der Waals surface area contributed by atoms with E-state index in [1.54, 1.807) is 13.2 Å². The molecular weight excluding hydrogens is 390 g/mol. The van der Waals surface area contributed by atoms with E-state index in [9.17, 15) is 4.79 Å². The second-order valence-electron chi connectivity index (χ2n) is 6.80. The van der Waals surface area contributed by atoms with Gasteiger partial charge in [-0.1, -0.05) is 24.3 Å². The minimum Gasteiger partial charge on any atom is -0.473 e. The number of carbonyl (C=O) groups is 1. The number of thioether (sulfide) groups is 1. The number of carbonyl (C=O) groups excluding carboxylic acids is 1. The number of ether oxygens (including phenoxy) is 1. The van der Waals surface area contributed by atoms with Gasteiger partial charge in [-0.2, -0.15) is 0 Å². The molecule has 9 nitrogen and oxygen atoms in total. The van der Waals surface area contributed by atoms with Crippen molar-refractivity contribution in [3.8, 4) is 5.88 Å². The Bertz CT molecular complexity index is 805. The number of pyridine rings is 1. The first kappa shape index (κ1) is 21.3. The summed E-state index contributed by atoms with van der Waals surface area (Å²) in [4.78, 5) is 18.6. The molecule has 0 radical (unpaired) electrons. The highest BCUT2D eigenvalue weighted by atomic mass is 32.2. The molecule has 3 heterocycles. The van der Waals surface area contributed by atoms with E-state index in [-0.39, 0.29) is 11.7 Å². The highest BCUT2D eigenvalue weighted by molar-refractivity contribution is 7.99. The second-order valence-corrected chi connectivity index (χ2v) is 7.74. The molecule has 3 rings (SSSR count). The highest BCUT2D eigenvalue weighted by Crippen LogP contribution is 2.15. The third-order valence-electron chi connectivity index (χ3n) is 4.48. The largest absolute Gasteiger partial charge is 0.473 e. The minimum atomic E-state index is -0.0735. The maximum absolute atomic E-state index is 11.8. The van der Waals surface area contributed by atoms with Crippen LogP contribution in [-0.2, 0) is 18.4 Å². The topological polar surface area (TPSA) is 98.1 Å². The lowest BCUT2D eigenvalue weighted by atomic mass is 10.1. The standard InChI is InChI=1S/C19H27N7O2S/c1-25-19(22-23-24-25)29-15-17(27)20-8-3-6-12-28-18-13-16(7-9-21-18)14-26-10-4-2-5-11-26/h3,6-7,9,13H,2,4-5,8,10-12,14-15H2,1H3,(H,20,27). The normalized spacial score (nSPS) is 14.9. The zero-order valence-corrected chi connectivity index (χ0v) is 17.5. The van der Waals surface area contributed by atoms with Crippen LogP contribution in [0.1, 0.15) is 24.8 Å². The molecular formula is C19H27N7O2S. The van der Waals surface area contributed by atoms with E-state index in [1.165, 1.54) is 54.4 Å². The average molecular weight is 418 g/mol. The summed E-state index contributed by atoms with van der Waals surface area (Å²) < 4.78 is 7.23. The Morgan fingerprint density at radius 2 is 2.17 bits per heavy atom. The zero-order chi connectivity index (χ0) is 20.3. The number of aromatic nitrogens is 5. The number of aryl methyl sites for hydroxylation is 1. The molecule has 29 heavy (non-hydrogen) atoms. The van der Waals surface area contributed by atoms with Crippen LogP contribution in [0.15, 0.2) is 35.6 Å². The Morgan fingerprint density at radius 3 is 2.97 bits per heavy atom. The molecule has 10 heteroatoms. The monoisotopic (exact) mass is 417 g/mol. The molecule has 0 spiro atoms. The number of piperidine rings is 1. The number of likely N-dealkylation sites (tertiary alicyclic amines) is 1. The van der Waals surface area contributed by atoms with Crippen LogP contribution >= 0.6 is 11.8 Å². The van der Waals surface area contributed by atoms with Crippen molar-refractivity contribution in [2.75, 3.05) is 32.0 Å². The van der Waals surface area contributed by atoms with E-state index in [2.05, 4.69) is 30.7 Å². The van der Waals surface area contributed by atoms with E-state index >= 15 is 0 Å². The van der Waals surface area contributed by atoms with Crippen LogP contribution in [0.2, 0.25) is 0 Å². The fraction of sp³-hybridized carbons (Fsp3) is 0.526. The molecule has 0 bridgehead atoms. The fourth-order valence-electron chi connectivity index (χ4n) is 2.99. The van der Waals surface area contributed by atoms with Gasteiger partial charge in [0, 0.05) is 32.4 Å². The van der Waals surface area contributed by atoms with Gasteiger partial charge in [-0.3, -0.25) is 9.69 Å². The summed E-state index contributed by atoms with van der Waals surface area (Å²) in [6.07, 6.45) is 9.44. The van der Waals surface area contributed by atoms with Crippen molar-refractivity contribution in [3.63, 3.8) is 0 Å². The van der Waals surface area contributed by atoms with E-state index < -0.39 is 0 Å². The molecule has 0 unspecified atom stereocenters. The van der Waals surface area contributed by atoms with Gasteiger partial charge < -0.3 is 10.1 Å². The van der Waals surface area contributed by atoms with E-state index in [1.807, 2.05) is 24.3 Å². The van der Waals surface area contributed by atoms with Crippen LogP contribution in [0.3, 0.4) is 0 Å². The fourth-order valence-corrected chi connectivity index (χ4v) is 3.67. The van der Waals surface area contributed by atoms with Crippen molar-refractivity contribution in [1.82, 2.24) is 35.4 Å². The van der Waals surface area contributed by atoms with Gasteiger partial charge in [0.1, 0.15) is 6.61 Å². The number of hydrogen-bond acceptors (Lipinski definition) is 8. The van der Waals surface area contributed by atoms with Crippen LogP contribution in [0.5, 0.6) is 5.88 Å². The Labute approximate surface area is 174 Å². The SMILES string of the molecule is Cn1nnnc1SCC(=O)NCC=CCOc1cc(CN2CCCCC2)ccn1. The molecule has 2 aromatic heterocycles. The molecule has 0 atom stereocenters. The third-order valence-corrected chi connectivity index (χ3v) is 5.49. The van der Waals surface area contributed by atoms with Crippen LogP contribution in [-0.4, -0.2) is 68.0 Å². The maximum Gasteiger partial charge on any atom is 0.230 e. The Hall–Kier alpha value is -2.46. The summed E-state index contributed by atoms with van der Waals surface area (Å²) in [7, 11) is 1.74. The average Bonchev–Trinajstić information content (AvgIpc) is 3.15. The first-order valence-corrected chi connectivity index (χ1v) is 10.8. The van der Waals surface area contributed by atoms with Crippen LogP contribution in [0.4, 0.5) is 0 Å². The molecule has 1 fully saturated rings. The summed E-state index contributed by atoms with van der Waals surface area (Å²) in [6.45, 7) is 4.14. The van der Waals surface area contributed by atoms with Gasteiger partial charge in [0.25, 0.3) is 0 Å². The number of nitrogens with one attached hydrogen (secondary N) is 1. The number of amides is 1. The van der Waals surface area contributed by atoms with Crippen molar-refractivity contribution in [2.24, 2.45) is 7.05 Å². The van der Waals surface area contributed by atoms with Gasteiger partial charge in [0.2, 0.25) is 16.9 Å². The Kier molecular flexibility index (Phi) is 8.44. The summed E-state index contributed by atoms with van der Waals surface area (Å²) in [5.41, 5.74) is 1.23. The number of nitrogens with zero attached hydrogens (tertiary/aromatic N) is 6. The van der Waals surface area contributed by atoms with Crippen molar-refractivity contribution >= 4 is 17.7 Å². The first-order valence-electron chi connectivity index (χ1n) is 9.77. The van der Waals surface area contributed by atoms with Gasteiger partial charge in [0.15, 0.2) is 0 Å². The smallest absolute Gasteiger partial charge is 0.230 e. The lowest BCUT2D eigenvalue weighted by molar-refractivity contribution is -0.118. The van der Waals surface area contributed by atoms with Crippen LogP contribution in [0, 0.1) is 0 Å². The van der Waals surface area contributed by atoms with Gasteiger partial charge in [-0.15, -0.1) is 5.10 Å². The molecule has 1 N–H and O–H groups in total. The lowest BCUT2D eigenvalue weighted by Gasteiger charge is -2.26. The number of tetrazole rings is 1. The van der Waals surface area contributed by atoms with Crippen molar-refractivity contribution in [3.05, 3.63) is 36.0 Å². The van der Waals surface area contributed by atoms with Gasteiger partial charge >= 0.3 is 0 Å². The Balaban J connectivity index is 1.31. The minimum absolute atomic E-state index is 0.0735. The van der Waals surface area contributed by atoms with Crippen LogP contribution in [0.25, 0.3) is 0 Å². The summed E-state index contributed by atoms with van der Waals surface area (Å²) in [5.74, 6) is 0.823. The molecule has 1 saturated heterocycles. The molecule has 2 aromatic rings. The predicted molar refractivity (Wildman–Crippen MR) is 111 cm³/mol. The summed E-state index contributed by atoms with van der Waals surface area (Å²) in [6, 6.07) is 4.05. The number of rotatable bonds is 10. The van der Waals surface area contributed by atoms with Gasteiger partial charge in [-0.25, -0.2) is 9.67 Å².